The van der Waals surface area contributed by atoms with Gasteiger partial charge in [-0.15, -0.1) is 0 Å². The van der Waals surface area contributed by atoms with Gasteiger partial charge in [0.2, 0.25) is 0 Å². The number of ether oxygens (including phenoxy) is 1. The molecule has 0 unspecified atom stereocenters. The molecule has 0 radical (unpaired) electrons. The van der Waals surface area contributed by atoms with Crippen LogP contribution in [-0.4, -0.2) is 18.8 Å². The van der Waals surface area contributed by atoms with Crippen LogP contribution in [-0.2, 0) is 11.3 Å². The molecule has 2 aliphatic rings. The van der Waals surface area contributed by atoms with Crippen LogP contribution in [0.1, 0.15) is 48.8 Å². The van der Waals surface area contributed by atoms with E-state index in [0.29, 0.717) is 6.61 Å². The van der Waals surface area contributed by atoms with Gasteiger partial charge in [-0.1, -0.05) is 54.8 Å². The lowest BCUT2D eigenvalue weighted by Crippen LogP contribution is -2.36. The number of nitrogens with one attached hydrogen (secondary N) is 1. The van der Waals surface area contributed by atoms with Crippen LogP contribution in [0.5, 0.6) is 0 Å². The molecule has 1 heterocycles. The fraction of sp³-hybridized carbons (Fsp3) is 0.417. The Morgan fingerprint density at radius 2 is 1.81 bits per heavy atom. The maximum Gasteiger partial charge on any atom is 0.123 e. The number of hydrogen-bond acceptors (Lipinski definition) is 2. The Morgan fingerprint density at radius 1 is 1.04 bits per heavy atom. The fourth-order valence-corrected chi connectivity index (χ4v) is 4.46. The lowest BCUT2D eigenvalue weighted by Gasteiger charge is -2.37. The zero-order chi connectivity index (χ0) is 18.7. The summed E-state index contributed by atoms with van der Waals surface area (Å²) >= 11 is 0. The number of rotatable bonds is 5. The molecule has 1 aliphatic carbocycles. The van der Waals surface area contributed by atoms with Crippen LogP contribution in [0.25, 0.3) is 5.57 Å². The second-order valence-corrected chi connectivity index (χ2v) is 8.04. The Labute approximate surface area is 161 Å². The minimum absolute atomic E-state index is 0.00373. The van der Waals surface area contributed by atoms with E-state index in [1.54, 1.807) is 12.1 Å². The normalized spacial score (nSPS) is 19.0. The Bertz CT molecular complexity index is 819. The van der Waals surface area contributed by atoms with Gasteiger partial charge in [0.15, 0.2) is 0 Å². The lowest BCUT2D eigenvalue weighted by molar-refractivity contribution is -0.0325. The standard InChI is InChI=1S/C24H28FNO/c1-18-5-4-6-19(13-18)15-26-16-21-17-27-24(11-2-3-12-24)14-23(21)20-7-9-22(25)10-8-20/h4-10,13,26H,2-3,11-12,14-17H2,1H3. The van der Waals surface area contributed by atoms with Crippen LogP contribution in [0.15, 0.2) is 54.1 Å². The Balaban J connectivity index is 1.53. The third-order valence-electron chi connectivity index (χ3n) is 5.94. The molecule has 1 N–H and O–H groups in total. The molecular formula is C24H28FNO. The summed E-state index contributed by atoms with van der Waals surface area (Å²) in [5.74, 6) is -0.180. The Morgan fingerprint density at radius 3 is 2.56 bits per heavy atom. The molecule has 27 heavy (non-hydrogen) atoms. The van der Waals surface area contributed by atoms with Crippen LogP contribution in [0.3, 0.4) is 0 Å². The van der Waals surface area contributed by atoms with E-state index in [1.165, 1.54) is 35.1 Å². The average molecular weight is 365 g/mol. The van der Waals surface area contributed by atoms with Crippen molar-refractivity contribution in [3.05, 3.63) is 76.6 Å². The van der Waals surface area contributed by atoms with Crippen molar-refractivity contribution >= 4 is 5.57 Å². The summed E-state index contributed by atoms with van der Waals surface area (Å²) in [6.07, 6.45) is 5.72. The molecule has 2 aromatic rings. The van der Waals surface area contributed by atoms with E-state index in [1.807, 2.05) is 12.1 Å². The molecule has 4 rings (SSSR count). The van der Waals surface area contributed by atoms with E-state index in [2.05, 4.69) is 36.5 Å². The van der Waals surface area contributed by atoms with Crippen LogP contribution in [0.2, 0.25) is 0 Å². The minimum atomic E-state index is -0.180. The number of benzene rings is 2. The highest BCUT2D eigenvalue weighted by Crippen LogP contribution is 2.44. The lowest BCUT2D eigenvalue weighted by atomic mass is 9.84. The fourth-order valence-electron chi connectivity index (χ4n) is 4.46. The average Bonchev–Trinajstić information content (AvgIpc) is 3.12. The van der Waals surface area contributed by atoms with E-state index < -0.39 is 0 Å². The van der Waals surface area contributed by atoms with Crippen LogP contribution >= 0.6 is 0 Å². The monoisotopic (exact) mass is 365 g/mol. The van der Waals surface area contributed by atoms with Gasteiger partial charge in [0, 0.05) is 19.5 Å². The van der Waals surface area contributed by atoms with Gasteiger partial charge in [0.25, 0.3) is 0 Å². The van der Waals surface area contributed by atoms with Crippen molar-refractivity contribution in [1.29, 1.82) is 0 Å². The molecule has 2 aromatic carbocycles. The van der Waals surface area contributed by atoms with Crippen LogP contribution < -0.4 is 5.32 Å². The van der Waals surface area contributed by atoms with Gasteiger partial charge in [0.05, 0.1) is 12.2 Å². The minimum Gasteiger partial charge on any atom is -0.370 e. The van der Waals surface area contributed by atoms with E-state index in [9.17, 15) is 4.39 Å². The summed E-state index contributed by atoms with van der Waals surface area (Å²) < 4.78 is 19.8. The van der Waals surface area contributed by atoms with Crippen LogP contribution in [0.4, 0.5) is 4.39 Å². The first-order valence-corrected chi connectivity index (χ1v) is 10.0. The molecule has 0 atom stereocenters. The van der Waals surface area contributed by atoms with Gasteiger partial charge in [-0.05, 0) is 54.2 Å². The zero-order valence-electron chi connectivity index (χ0n) is 16.1. The second-order valence-electron chi connectivity index (χ2n) is 8.04. The van der Waals surface area contributed by atoms with Gasteiger partial charge in [-0.2, -0.15) is 0 Å². The molecule has 142 valence electrons. The van der Waals surface area contributed by atoms with Gasteiger partial charge in [0.1, 0.15) is 5.82 Å². The summed E-state index contributed by atoms with van der Waals surface area (Å²) in [6.45, 7) is 4.44. The maximum atomic E-state index is 13.4. The van der Waals surface area contributed by atoms with Crippen molar-refractivity contribution in [2.75, 3.05) is 13.2 Å². The molecule has 0 saturated heterocycles. The Kier molecular flexibility index (Phi) is 5.42. The zero-order valence-corrected chi connectivity index (χ0v) is 16.1. The first-order chi connectivity index (χ1) is 13.1. The summed E-state index contributed by atoms with van der Waals surface area (Å²) in [5.41, 5.74) is 6.36. The maximum absolute atomic E-state index is 13.4. The molecule has 0 bridgehead atoms. The van der Waals surface area contributed by atoms with E-state index in [4.69, 9.17) is 4.74 Å². The quantitative estimate of drug-likeness (QED) is 0.765. The van der Waals surface area contributed by atoms with Crippen molar-refractivity contribution in [1.82, 2.24) is 5.32 Å². The largest absolute Gasteiger partial charge is 0.370 e. The molecule has 2 nitrogen and oxygen atoms in total. The first kappa shape index (κ1) is 18.4. The van der Waals surface area contributed by atoms with Crippen LogP contribution in [0, 0.1) is 12.7 Å². The first-order valence-electron chi connectivity index (χ1n) is 10.0. The predicted molar refractivity (Wildman–Crippen MR) is 108 cm³/mol. The van der Waals surface area contributed by atoms with Crippen molar-refractivity contribution in [2.45, 2.75) is 51.2 Å². The molecule has 1 aliphatic heterocycles. The van der Waals surface area contributed by atoms with Gasteiger partial charge >= 0.3 is 0 Å². The van der Waals surface area contributed by atoms with Gasteiger partial charge in [-0.3, -0.25) is 0 Å². The number of aryl methyl sites for hydroxylation is 1. The Hall–Kier alpha value is -1.97. The summed E-state index contributed by atoms with van der Waals surface area (Å²) in [7, 11) is 0. The van der Waals surface area contributed by atoms with Crippen molar-refractivity contribution in [3.63, 3.8) is 0 Å². The number of hydrogen-bond donors (Lipinski definition) is 1. The molecule has 0 aromatic heterocycles. The van der Waals surface area contributed by atoms with Crippen molar-refractivity contribution < 1.29 is 9.13 Å². The molecule has 3 heteroatoms. The third-order valence-corrected chi connectivity index (χ3v) is 5.94. The van der Waals surface area contributed by atoms with Crippen molar-refractivity contribution in [3.8, 4) is 0 Å². The highest BCUT2D eigenvalue weighted by atomic mass is 19.1. The molecule has 0 amide bonds. The predicted octanol–water partition coefficient (Wildman–Crippen LogP) is 5.41. The molecule has 1 fully saturated rings. The van der Waals surface area contributed by atoms with Gasteiger partial charge < -0.3 is 10.1 Å². The topological polar surface area (TPSA) is 21.3 Å². The molecule has 1 saturated carbocycles. The van der Waals surface area contributed by atoms with Gasteiger partial charge in [-0.25, -0.2) is 4.39 Å². The molecule has 1 spiro atoms. The summed E-state index contributed by atoms with van der Waals surface area (Å²) in [6, 6.07) is 15.6. The molecular weight excluding hydrogens is 337 g/mol. The number of halogens is 1. The summed E-state index contributed by atoms with van der Waals surface area (Å²) in [5, 5.41) is 3.58. The summed E-state index contributed by atoms with van der Waals surface area (Å²) in [4.78, 5) is 0. The third kappa shape index (κ3) is 4.31. The van der Waals surface area contributed by atoms with E-state index in [0.717, 1.165) is 37.9 Å². The van der Waals surface area contributed by atoms with E-state index in [-0.39, 0.29) is 11.4 Å². The SMILES string of the molecule is Cc1cccc(CNCC2=C(c3ccc(F)cc3)CC3(CCCC3)OC2)c1. The highest BCUT2D eigenvalue weighted by Gasteiger charge is 2.39. The van der Waals surface area contributed by atoms with E-state index >= 15 is 0 Å². The second kappa shape index (κ2) is 7.95. The highest BCUT2D eigenvalue weighted by molar-refractivity contribution is 5.71. The smallest absolute Gasteiger partial charge is 0.123 e. The van der Waals surface area contributed by atoms with Crippen molar-refractivity contribution in [2.24, 2.45) is 0 Å².